The van der Waals surface area contributed by atoms with Crippen LogP contribution in [0.2, 0.25) is 0 Å². The molecule has 1 aromatic rings. The van der Waals surface area contributed by atoms with Crippen LogP contribution in [-0.2, 0) is 22.5 Å². The quantitative estimate of drug-likeness (QED) is 0.811. The maximum Gasteiger partial charge on any atom is 0.167 e. The van der Waals surface area contributed by atoms with Gasteiger partial charge >= 0.3 is 0 Å². The fourth-order valence-electron chi connectivity index (χ4n) is 1.69. The normalized spacial score (nSPS) is 12.8. The Morgan fingerprint density at radius 3 is 2.71 bits per heavy atom. The van der Waals surface area contributed by atoms with Crippen LogP contribution in [0.3, 0.4) is 0 Å². The first-order valence-electron chi connectivity index (χ1n) is 5.87. The van der Waals surface area contributed by atoms with E-state index in [1.165, 1.54) is 0 Å². The molecule has 0 amide bonds. The number of ether oxygens (including phenoxy) is 1. The number of ketones is 1. The zero-order chi connectivity index (χ0) is 13.0. The monoisotopic (exact) mass is 302 g/mol. The average molecular weight is 303 g/mol. The summed E-state index contributed by atoms with van der Waals surface area (Å²) in [4.78, 5) is 11.9. The van der Waals surface area contributed by atoms with Gasteiger partial charge in [-0.2, -0.15) is 5.10 Å². The maximum absolute atomic E-state index is 11.9. The van der Waals surface area contributed by atoms with E-state index in [0.717, 1.165) is 22.4 Å². The molecule has 5 heteroatoms. The van der Waals surface area contributed by atoms with E-state index in [1.807, 2.05) is 25.5 Å². The summed E-state index contributed by atoms with van der Waals surface area (Å²) in [5, 5.41) is 4.36. The number of hydrogen-bond donors (Lipinski definition) is 0. The number of aromatic nitrogens is 2. The Kier molecular flexibility index (Phi) is 5.33. The third-order valence-corrected chi connectivity index (χ3v) is 3.70. The summed E-state index contributed by atoms with van der Waals surface area (Å²) < 4.78 is 8.09. The summed E-state index contributed by atoms with van der Waals surface area (Å²) in [7, 11) is 0. The van der Waals surface area contributed by atoms with Crippen LogP contribution in [0.15, 0.2) is 4.47 Å². The van der Waals surface area contributed by atoms with Crippen LogP contribution in [0.1, 0.15) is 32.2 Å². The van der Waals surface area contributed by atoms with Crippen molar-refractivity contribution in [2.45, 2.75) is 46.8 Å². The van der Waals surface area contributed by atoms with Crippen LogP contribution < -0.4 is 0 Å². The Morgan fingerprint density at radius 2 is 2.18 bits per heavy atom. The summed E-state index contributed by atoms with van der Waals surface area (Å²) in [6, 6.07) is 0. The number of rotatable bonds is 6. The number of carbonyl (C=O) groups excluding carboxylic acids is 1. The molecule has 0 aliphatic carbocycles. The molecule has 0 aliphatic rings. The van der Waals surface area contributed by atoms with Crippen molar-refractivity contribution in [3.05, 3.63) is 15.9 Å². The molecule has 1 aromatic heterocycles. The van der Waals surface area contributed by atoms with E-state index < -0.39 is 0 Å². The van der Waals surface area contributed by atoms with Gasteiger partial charge in [0.15, 0.2) is 5.78 Å². The molecule has 96 valence electrons. The van der Waals surface area contributed by atoms with Crippen molar-refractivity contribution >= 4 is 21.7 Å². The predicted octanol–water partition coefficient (Wildman–Crippen LogP) is 2.51. The minimum atomic E-state index is -0.354. The first kappa shape index (κ1) is 14.4. The fraction of sp³-hybridized carbons (Fsp3) is 0.667. The third kappa shape index (κ3) is 3.39. The SMILES string of the molecule is CCOC(C)C(=O)Cc1c(Br)c(C)nn1CC. The van der Waals surface area contributed by atoms with Gasteiger partial charge in [-0.1, -0.05) is 0 Å². The van der Waals surface area contributed by atoms with Crippen molar-refractivity contribution in [1.29, 1.82) is 0 Å². The lowest BCUT2D eigenvalue weighted by molar-refractivity contribution is -0.128. The molecule has 17 heavy (non-hydrogen) atoms. The highest BCUT2D eigenvalue weighted by molar-refractivity contribution is 9.10. The highest BCUT2D eigenvalue weighted by atomic mass is 79.9. The Bertz CT molecular complexity index is 401. The van der Waals surface area contributed by atoms with E-state index in [2.05, 4.69) is 21.0 Å². The van der Waals surface area contributed by atoms with Crippen molar-refractivity contribution < 1.29 is 9.53 Å². The number of aryl methyl sites for hydroxylation is 2. The molecule has 0 aromatic carbocycles. The van der Waals surface area contributed by atoms with Gasteiger partial charge in [-0.05, 0) is 43.6 Å². The standard InChI is InChI=1S/C12H19BrN2O2/c1-5-15-10(12(13)8(3)14-15)7-11(16)9(4)17-6-2/h9H,5-7H2,1-4H3. The fourth-order valence-corrected chi connectivity index (χ4v) is 2.11. The van der Waals surface area contributed by atoms with Crippen LogP contribution in [-0.4, -0.2) is 28.3 Å². The van der Waals surface area contributed by atoms with Crippen LogP contribution in [0, 0.1) is 6.92 Å². The largest absolute Gasteiger partial charge is 0.371 e. The second-order valence-corrected chi connectivity index (χ2v) is 4.70. The molecule has 0 radical (unpaired) electrons. The number of halogens is 1. The summed E-state index contributed by atoms with van der Waals surface area (Å²) in [6.07, 6.45) is 0.00332. The Balaban J connectivity index is 2.84. The molecule has 1 rings (SSSR count). The molecule has 0 saturated heterocycles. The first-order chi connectivity index (χ1) is 8.01. The van der Waals surface area contributed by atoms with Crippen molar-refractivity contribution in [1.82, 2.24) is 9.78 Å². The smallest absolute Gasteiger partial charge is 0.167 e. The van der Waals surface area contributed by atoms with Gasteiger partial charge in [0.25, 0.3) is 0 Å². The molecule has 0 spiro atoms. The second kappa shape index (κ2) is 6.31. The number of nitrogens with zero attached hydrogens (tertiary/aromatic N) is 2. The molecule has 0 aliphatic heterocycles. The van der Waals surface area contributed by atoms with Crippen molar-refractivity contribution in [3.8, 4) is 0 Å². The van der Waals surface area contributed by atoms with Gasteiger partial charge in [-0.3, -0.25) is 9.48 Å². The van der Waals surface area contributed by atoms with Gasteiger partial charge in [0.05, 0.1) is 22.3 Å². The second-order valence-electron chi connectivity index (χ2n) is 3.90. The predicted molar refractivity (Wildman–Crippen MR) is 70.1 cm³/mol. The molecule has 1 atom stereocenters. The van der Waals surface area contributed by atoms with Gasteiger partial charge in [0, 0.05) is 13.2 Å². The van der Waals surface area contributed by atoms with Gasteiger partial charge in [0.1, 0.15) is 6.10 Å². The number of carbonyl (C=O) groups is 1. The molecule has 1 heterocycles. The zero-order valence-corrected chi connectivity index (χ0v) is 12.4. The molecule has 1 unspecified atom stereocenters. The van der Waals surface area contributed by atoms with E-state index >= 15 is 0 Å². The van der Waals surface area contributed by atoms with Gasteiger partial charge in [-0.25, -0.2) is 0 Å². The minimum absolute atomic E-state index is 0.0853. The van der Waals surface area contributed by atoms with Gasteiger partial charge in [0.2, 0.25) is 0 Å². The molecule has 0 fully saturated rings. The topological polar surface area (TPSA) is 44.1 Å². The lowest BCUT2D eigenvalue weighted by atomic mass is 10.1. The van der Waals surface area contributed by atoms with Crippen molar-refractivity contribution in [2.24, 2.45) is 0 Å². The van der Waals surface area contributed by atoms with E-state index in [-0.39, 0.29) is 11.9 Å². The van der Waals surface area contributed by atoms with Gasteiger partial charge < -0.3 is 4.74 Å². The Morgan fingerprint density at radius 1 is 1.53 bits per heavy atom. The molecular weight excluding hydrogens is 284 g/mol. The van der Waals surface area contributed by atoms with Crippen LogP contribution in [0.4, 0.5) is 0 Å². The van der Waals surface area contributed by atoms with Crippen molar-refractivity contribution in [2.75, 3.05) is 6.61 Å². The molecular formula is C12H19BrN2O2. The Labute approximate surface area is 110 Å². The van der Waals surface area contributed by atoms with E-state index in [1.54, 1.807) is 6.92 Å². The van der Waals surface area contributed by atoms with Gasteiger partial charge in [-0.15, -0.1) is 0 Å². The van der Waals surface area contributed by atoms with E-state index in [9.17, 15) is 4.79 Å². The molecule has 0 bridgehead atoms. The third-order valence-electron chi connectivity index (χ3n) is 2.66. The summed E-state index contributed by atoms with van der Waals surface area (Å²) >= 11 is 3.48. The maximum atomic E-state index is 11.9. The first-order valence-corrected chi connectivity index (χ1v) is 6.66. The molecule has 4 nitrogen and oxygen atoms in total. The number of hydrogen-bond acceptors (Lipinski definition) is 3. The lowest BCUT2D eigenvalue weighted by Gasteiger charge is -2.11. The van der Waals surface area contributed by atoms with E-state index in [4.69, 9.17) is 4.74 Å². The summed E-state index contributed by atoms with van der Waals surface area (Å²) in [6.45, 7) is 8.94. The van der Waals surface area contributed by atoms with Crippen LogP contribution in [0.25, 0.3) is 0 Å². The van der Waals surface area contributed by atoms with Crippen LogP contribution >= 0.6 is 15.9 Å². The highest BCUT2D eigenvalue weighted by Crippen LogP contribution is 2.22. The molecule has 0 N–H and O–H groups in total. The molecule has 0 saturated carbocycles. The van der Waals surface area contributed by atoms with Crippen molar-refractivity contribution in [3.63, 3.8) is 0 Å². The van der Waals surface area contributed by atoms with Crippen LogP contribution in [0.5, 0.6) is 0 Å². The minimum Gasteiger partial charge on any atom is -0.371 e. The zero-order valence-electron chi connectivity index (χ0n) is 10.8. The lowest BCUT2D eigenvalue weighted by Crippen LogP contribution is -2.24. The van der Waals surface area contributed by atoms with E-state index in [0.29, 0.717) is 13.0 Å². The summed E-state index contributed by atoms with van der Waals surface area (Å²) in [5.74, 6) is 0.0853. The number of Topliss-reactive ketones (excluding diaryl/α,β-unsaturated/α-hetero) is 1. The average Bonchev–Trinajstić information content (AvgIpc) is 2.57. The Hall–Kier alpha value is -0.680. The summed E-state index contributed by atoms with van der Waals surface area (Å²) in [5.41, 5.74) is 1.85. The highest BCUT2D eigenvalue weighted by Gasteiger charge is 2.19.